The van der Waals surface area contributed by atoms with Crippen molar-refractivity contribution in [1.82, 2.24) is 9.73 Å². The van der Waals surface area contributed by atoms with Gasteiger partial charge in [0.1, 0.15) is 0 Å². The first-order valence-electron chi connectivity index (χ1n) is 8.29. The highest BCUT2D eigenvalue weighted by Crippen LogP contribution is 2.49. The number of nitrogens with zero attached hydrogens (tertiary/aromatic N) is 1. The van der Waals surface area contributed by atoms with Crippen molar-refractivity contribution >= 4 is 30.3 Å². The summed E-state index contributed by atoms with van der Waals surface area (Å²) in [4.78, 5) is 4.89. The molecule has 1 aliphatic heterocycles. The van der Waals surface area contributed by atoms with Crippen LogP contribution in [-0.2, 0) is 5.41 Å². The molecule has 3 rings (SSSR count). The van der Waals surface area contributed by atoms with E-state index in [-0.39, 0.29) is 0 Å². The summed E-state index contributed by atoms with van der Waals surface area (Å²) in [6.45, 7) is 1.21. The molecule has 3 N–H and O–H groups in total. The zero-order valence-electron chi connectivity index (χ0n) is 14.7. The Hall–Kier alpha value is -0.220. The molecule has 2 unspecified atom stereocenters. The van der Waals surface area contributed by atoms with Gasteiger partial charge in [-0.1, -0.05) is 18.9 Å². The van der Waals surface area contributed by atoms with Gasteiger partial charge in [0.2, 0.25) is 0 Å². The molecule has 7 heteroatoms. The molecule has 0 bridgehead atoms. The minimum absolute atomic E-state index is 0.326. The molecule has 1 heterocycles. The van der Waals surface area contributed by atoms with Gasteiger partial charge in [-0.2, -0.15) is 4.83 Å². The molecule has 1 saturated carbocycles. The third kappa shape index (κ3) is 4.12. The van der Waals surface area contributed by atoms with Crippen LogP contribution < -0.4 is 20.1 Å². The number of likely N-dealkylation sites (N-methyl/N-ethyl adjacent to an activating group) is 1. The number of fused-ring (bicyclic) bond motifs is 1. The van der Waals surface area contributed by atoms with Crippen LogP contribution in [0.2, 0.25) is 0 Å². The van der Waals surface area contributed by atoms with E-state index in [0.29, 0.717) is 11.5 Å². The normalized spacial score (nSPS) is 26.3. The molecule has 5 nitrogen and oxygen atoms in total. The fourth-order valence-electron chi connectivity index (χ4n) is 4.31. The Kier molecular flexibility index (Phi) is 7.93. The first kappa shape index (κ1) is 20.1. The van der Waals surface area contributed by atoms with Gasteiger partial charge in [-0.15, -0.1) is 0 Å². The molecular formula is C17H28IN3O2S. The quantitative estimate of drug-likeness (QED) is 0.306. The fraction of sp³-hybridized carbons (Fsp3) is 0.647. The minimum Gasteiger partial charge on any atom is -0.493 e. The second-order valence-electron chi connectivity index (χ2n) is 6.41. The average molecular weight is 465 g/mol. The Morgan fingerprint density at radius 3 is 2.58 bits per heavy atom. The van der Waals surface area contributed by atoms with Crippen LogP contribution in [0.4, 0.5) is 0 Å². The second-order valence-corrected chi connectivity index (χ2v) is 8.12. The van der Waals surface area contributed by atoms with Crippen molar-refractivity contribution in [3.63, 3.8) is 0 Å². The summed E-state index contributed by atoms with van der Waals surface area (Å²) in [5.41, 5.74) is 1.76. The van der Waals surface area contributed by atoms with Crippen molar-refractivity contribution in [1.29, 1.82) is 0 Å². The zero-order chi connectivity index (χ0) is 17.6. The number of hydrazine groups is 1. The van der Waals surface area contributed by atoms with E-state index < -0.39 is 0 Å². The lowest BCUT2D eigenvalue weighted by molar-refractivity contribution is 0.181. The number of rotatable bonds is 4. The van der Waals surface area contributed by atoms with Gasteiger partial charge in [0, 0.05) is 41.8 Å². The lowest BCUT2D eigenvalue weighted by Gasteiger charge is -2.42. The van der Waals surface area contributed by atoms with E-state index in [1.54, 1.807) is 14.2 Å². The summed E-state index contributed by atoms with van der Waals surface area (Å²) in [7, 11) is 7.05. The van der Waals surface area contributed by atoms with Crippen LogP contribution in [0.3, 0.4) is 0 Å². The molecule has 1 aromatic carbocycles. The summed E-state index contributed by atoms with van der Waals surface area (Å²) in [6.07, 6.45) is 6.61. The summed E-state index contributed by atoms with van der Waals surface area (Å²) < 4.78 is 10.9. The average Bonchev–Trinajstić information content (AvgIpc) is 2.99. The topological polar surface area (TPSA) is 59.8 Å². The Morgan fingerprint density at radius 2 is 1.96 bits per heavy atom. The van der Waals surface area contributed by atoms with Gasteiger partial charge in [0.05, 0.1) is 14.2 Å². The number of nitrogens with one attached hydrogen (secondary N) is 1. The molecule has 136 valence electrons. The highest BCUT2D eigenvalue weighted by Gasteiger charge is 2.48. The van der Waals surface area contributed by atoms with Crippen LogP contribution in [0.5, 0.6) is 11.5 Å². The molecule has 0 radical (unpaired) electrons. The van der Waals surface area contributed by atoms with Crippen molar-refractivity contribution < 1.29 is 9.47 Å². The molecule has 0 spiro atoms. The predicted octanol–water partition coefficient (Wildman–Crippen LogP) is 3.67. The maximum absolute atomic E-state index is 5.50. The van der Waals surface area contributed by atoms with Crippen LogP contribution in [-0.4, -0.2) is 38.8 Å². The largest absolute Gasteiger partial charge is 0.493 e. The van der Waals surface area contributed by atoms with Gasteiger partial charge < -0.3 is 14.4 Å². The van der Waals surface area contributed by atoms with E-state index in [1.165, 1.54) is 53.3 Å². The molecule has 24 heavy (non-hydrogen) atoms. The summed E-state index contributed by atoms with van der Waals surface area (Å²) in [6, 6.07) is 7.21. The van der Waals surface area contributed by atoms with E-state index in [4.69, 9.17) is 15.3 Å². The highest BCUT2D eigenvalue weighted by molar-refractivity contribution is 14.2. The number of likely N-dealkylation sites (tertiary alicyclic amines) is 1. The van der Waals surface area contributed by atoms with Crippen LogP contribution in [0.1, 0.15) is 37.7 Å². The Labute approximate surface area is 161 Å². The molecule has 0 amide bonds. The first-order chi connectivity index (χ1) is 11.6. The van der Waals surface area contributed by atoms with Crippen LogP contribution in [0.15, 0.2) is 18.2 Å². The van der Waals surface area contributed by atoms with E-state index in [0.717, 1.165) is 11.5 Å². The van der Waals surface area contributed by atoms with Gasteiger partial charge >= 0.3 is 0 Å². The lowest BCUT2D eigenvalue weighted by Crippen LogP contribution is -2.43. The van der Waals surface area contributed by atoms with Gasteiger partial charge in [-0.25, -0.2) is 0 Å². The van der Waals surface area contributed by atoms with E-state index >= 15 is 0 Å². The lowest BCUT2D eigenvalue weighted by atomic mass is 9.66. The predicted molar refractivity (Wildman–Crippen MR) is 110 cm³/mol. The molecule has 1 aromatic rings. The molecule has 1 saturated heterocycles. The molecular weight excluding hydrogens is 437 g/mol. The molecule has 2 aliphatic rings. The van der Waals surface area contributed by atoms with E-state index in [2.05, 4.69) is 35.0 Å². The van der Waals surface area contributed by atoms with Gasteiger partial charge in [-0.3, -0.25) is 5.84 Å². The fourth-order valence-corrected chi connectivity index (χ4v) is 4.31. The van der Waals surface area contributed by atoms with Crippen molar-refractivity contribution in [2.24, 2.45) is 5.84 Å². The number of nitrogens with two attached hydrogens (primary N) is 1. The number of halogens is 1. The highest BCUT2D eigenvalue weighted by atomic mass is 127. The van der Waals surface area contributed by atoms with Crippen molar-refractivity contribution in [2.75, 3.05) is 27.8 Å². The molecule has 2 atom stereocenters. The van der Waals surface area contributed by atoms with Crippen molar-refractivity contribution in [3.8, 4) is 11.5 Å². The SMILES string of the molecule is COc1ccc(C23CCCCC2N(C)CC3)cc1OC.NNSI. The maximum atomic E-state index is 5.50. The summed E-state index contributed by atoms with van der Waals surface area (Å²) in [5, 5.41) is 0. The molecule has 1 aliphatic carbocycles. The zero-order valence-corrected chi connectivity index (χ0v) is 17.7. The summed E-state index contributed by atoms with van der Waals surface area (Å²) >= 11 is 2.03. The smallest absolute Gasteiger partial charge is 0.161 e. The maximum Gasteiger partial charge on any atom is 0.161 e. The number of hydrogen-bond donors (Lipinski definition) is 2. The minimum atomic E-state index is 0.326. The standard InChI is InChI=1S/C17H25NO2.H3IN2S/c1-18-11-10-17(9-5-4-6-16(17)18)13-7-8-14(19-2)15(12-13)20-3;1-4-3-2/h7-8,12,16H,4-6,9-11H2,1-3H3;3H,2H2. The third-order valence-corrected chi connectivity index (χ3v) is 6.29. The van der Waals surface area contributed by atoms with Crippen LogP contribution in [0, 0.1) is 0 Å². The van der Waals surface area contributed by atoms with E-state index in [9.17, 15) is 0 Å². The van der Waals surface area contributed by atoms with Crippen LogP contribution in [0.25, 0.3) is 0 Å². The number of hydrogen-bond acceptors (Lipinski definition) is 6. The monoisotopic (exact) mass is 465 g/mol. The van der Waals surface area contributed by atoms with Gasteiger partial charge in [-0.05, 0) is 50.6 Å². The first-order valence-corrected chi connectivity index (χ1v) is 11.6. The summed E-state index contributed by atoms with van der Waals surface area (Å²) in [5.74, 6) is 6.42. The van der Waals surface area contributed by atoms with E-state index in [1.807, 2.05) is 21.2 Å². The van der Waals surface area contributed by atoms with Crippen molar-refractivity contribution in [3.05, 3.63) is 23.8 Å². The number of benzene rings is 1. The third-order valence-electron chi connectivity index (χ3n) is 5.43. The van der Waals surface area contributed by atoms with Gasteiger partial charge in [0.15, 0.2) is 11.5 Å². The Morgan fingerprint density at radius 1 is 1.25 bits per heavy atom. The Balaban J connectivity index is 0.000000471. The second kappa shape index (κ2) is 9.47. The molecule has 2 fully saturated rings. The number of ether oxygens (including phenoxy) is 2. The number of methoxy groups -OCH3 is 2. The van der Waals surface area contributed by atoms with Crippen molar-refractivity contribution in [2.45, 2.75) is 43.6 Å². The molecule has 0 aromatic heterocycles. The van der Waals surface area contributed by atoms with Crippen LogP contribution >= 0.6 is 30.3 Å². The Bertz CT molecular complexity index is 529. The van der Waals surface area contributed by atoms with Gasteiger partial charge in [0.25, 0.3) is 0 Å².